The number of fused-ring (bicyclic) bond motifs is 1. The van der Waals surface area contributed by atoms with E-state index in [-0.39, 0.29) is 5.91 Å². The van der Waals surface area contributed by atoms with Crippen LogP contribution >= 0.6 is 11.6 Å². The molecule has 0 radical (unpaired) electrons. The summed E-state index contributed by atoms with van der Waals surface area (Å²) in [5.74, 6) is -0.735. The van der Waals surface area contributed by atoms with E-state index in [1.54, 1.807) is 31.2 Å². The monoisotopic (exact) mass is 328 g/mol. The Balaban J connectivity index is 2.03. The number of hydrogen-bond acceptors (Lipinski definition) is 2. The van der Waals surface area contributed by atoms with Gasteiger partial charge in [-0.25, -0.2) is 4.39 Å². The van der Waals surface area contributed by atoms with Gasteiger partial charge in [0.1, 0.15) is 5.82 Å². The van der Waals surface area contributed by atoms with Crippen LogP contribution < -0.4 is 5.32 Å². The average Bonchev–Trinajstić information content (AvgIpc) is 2.50. The van der Waals surface area contributed by atoms with Crippen molar-refractivity contribution in [1.29, 1.82) is 0 Å². The molecule has 23 heavy (non-hydrogen) atoms. The van der Waals surface area contributed by atoms with Crippen molar-refractivity contribution in [1.82, 2.24) is 4.98 Å². The quantitative estimate of drug-likeness (QED) is 0.727. The van der Waals surface area contributed by atoms with Gasteiger partial charge < -0.3 is 5.32 Å². The van der Waals surface area contributed by atoms with Crippen LogP contribution in [0.3, 0.4) is 0 Å². The van der Waals surface area contributed by atoms with Gasteiger partial charge in [-0.05, 0) is 55.8 Å². The number of aromatic nitrogens is 1. The molecule has 0 aliphatic rings. The van der Waals surface area contributed by atoms with Crippen molar-refractivity contribution in [3.05, 3.63) is 70.1 Å². The molecule has 3 aromatic rings. The summed E-state index contributed by atoms with van der Waals surface area (Å²) in [5.41, 5.74) is 3.17. The molecule has 0 spiro atoms. The van der Waals surface area contributed by atoms with Crippen LogP contribution in [0.2, 0.25) is 5.02 Å². The molecule has 1 amide bonds. The van der Waals surface area contributed by atoms with Crippen LogP contribution in [0.25, 0.3) is 10.9 Å². The zero-order valence-electron chi connectivity index (χ0n) is 12.7. The van der Waals surface area contributed by atoms with Crippen LogP contribution in [0.5, 0.6) is 0 Å². The maximum atomic E-state index is 13.5. The van der Waals surface area contributed by atoms with Crippen molar-refractivity contribution in [3.8, 4) is 0 Å². The minimum absolute atomic E-state index is 0.328. The Labute approximate surface area is 138 Å². The van der Waals surface area contributed by atoms with Crippen molar-refractivity contribution in [2.45, 2.75) is 13.8 Å². The first-order valence-electron chi connectivity index (χ1n) is 7.08. The molecule has 3 rings (SSSR count). The second-order valence-corrected chi connectivity index (χ2v) is 5.80. The molecule has 2 aromatic carbocycles. The second kappa shape index (κ2) is 5.97. The first-order chi connectivity index (χ1) is 10.9. The molecule has 0 fully saturated rings. The molecule has 5 heteroatoms. The maximum absolute atomic E-state index is 13.5. The summed E-state index contributed by atoms with van der Waals surface area (Å²) >= 11 is 6.07. The minimum atomic E-state index is -0.407. The number of hydrogen-bond donors (Lipinski definition) is 1. The fraction of sp³-hybridized carbons (Fsp3) is 0.111. The van der Waals surface area contributed by atoms with Crippen LogP contribution in [0.1, 0.15) is 21.6 Å². The van der Waals surface area contributed by atoms with Crippen molar-refractivity contribution in [3.63, 3.8) is 0 Å². The molecule has 0 aliphatic carbocycles. The Morgan fingerprint density at radius 2 is 1.91 bits per heavy atom. The average molecular weight is 329 g/mol. The van der Waals surface area contributed by atoms with E-state index in [0.717, 1.165) is 5.56 Å². The lowest BCUT2D eigenvalue weighted by atomic mass is 10.1. The molecule has 0 bridgehead atoms. The van der Waals surface area contributed by atoms with Gasteiger partial charge in [0, 0.05) is 21.8 Å². The normalized spacial score (nSPS) is 10.8. The number of nitrogens with zero attached hydrogens (tertiary/aromatic N) is 1. The van der Waals surface area contributed by atoms with Crippen molar-refractivity contribution < 1.29 is 9.18 Å². The summed E-state index contributed by atoms with van der Waals surface area (Å²) in [5, 5.41) is 3.84. The van der Waals surface area contributed by atoms with E-state index in [2.05, 4.69) is 10.3 Å². The summed E-state index contributed by atoms with van der Waals surface area (Å²) in [6.07, 6.45) is 0. The Morgan fingerprint density at radius 1 is 1.13 bits per heavy atom. The zero-order valence-corrected chi connectivity index (χ0v) is 13.4. The number of amides is 1. The minimum Gasteiger partial charge on any atom is -0.322 e. The van der Waals surface area contributed by atoms with Crippen LogP contribution in [-0.4, -0.2) is 10.9 Å². The Hall–Kier alpha value is -2.46. The Kier molecular flexibility index (Phi) is 4.01. The molecule has 1 N–H and O–H groups in total. The topological polar surface area (TPSA) is 42.0 Å². The number of benzene rings is 2. The molecule has 0 aliphatic heterocycles. The number of pyridine rings is 1. The molecule has 0 atom stereocenters. The number of halogens is 2. The molecule has 0 unspecified atom stereocenters. The molecular weight excluding hydrogens is 315 g/mol. The third-order valence-corrected chi connectivity index (χ3v) is 3.98. The highest BCUT2D eigenvalue weighted by Gasteiger charge is 2.13. The molecular formula is C18H14ClFN2O. The molecule has 1 aromatic heterocycles. The lowest BCUT2D eigenvalue weighted by molar-refractivity contribution is 0.102. The first kappa shape index (κ1) is 15.4. The van der Waals surface area contributed by atoms with E-state index < -0.39 is 5.82 Å². The summed E-state index contributed by atoms with van der Waals surface area (Å²) in [6.45, 7) is 3.68. The molecule has 0 saturated heterocycles. The number of aryl methyl sites for hydroxylation is 2. The number of carbonyl (C=O) groups excluding carboxylic acids is 1. The highest BCUT2D eigenvalue weighted by Crippen LogP contribution is 2.23. The smallest absolute Gasteiger partial charge is 0.256 e. The predicted molar refractivity (Wildman–Crippen MR) is 90.6 cm³/mol. The molecule has 1 heterocycles. The van der Waals surface area contributed by atoms with Crippen LogP contribution in [0.15, 0.2) is 42.5 Å². The van der Waals surface area contributed by atoms with Gasteiger partial charge in [-0.3, -0.25) is 9.78 Å². The zero-order chi connectivity index (χ0) is 16.6. The molecule has 116 valence electrons. The highest BCUT2D eigenvalue weighted by molar-refractivity contribution is 6.31. The van der Waals surface area contributed by atoms with Gasteiger partial charge in [-0.15, -0.1) is 0 Å². The van der Waals surface area contributed by atoms with E-state index >= 15 is 0 Å². The van der Waals surface area contributed by atoms with Gasteiger partial charge >= 0.3 is 0 Å². The second-order valence-electron chi connectivity index (χ2n) is 5.39. The van der Waals surface area contributed by atoms with E-state index in [4.69, 9.17) is 11.6 Å². The van der Waals surface area contributed by atoms with Crippen molar-refractivity contribution >= 4 is 34.1 Å². The highest BCUT2D eigenvalue weighted by atomic mass is 35.5. The Bertz CT molecular complexity index is 924. The summed E-state index contributed by atoms with van der Waals surface area (Å²) in [4.78, 5) is 16.9. The molecule has 3 nitrogen and oxygen atoms in total. The first-order valence-corrected chi connectivity index (χ1v) is 7.46. The largest absolute Gasteiger partial charge is 0.322 e. The van der Waals surface area contributed by atoms with Gasteiger partial charge in [-0.2, -0.15) is 0 Å². The lowest BCUT2D eigenvalue weighted by Crippen LogP contribution is -2.13. The fourth-order valence-electron chi connectivity index (χ4n) is 2.39. The number of nitrogens with one attached hydrogen (secondary N) is 1. The fourth-order valence-corrected chi connectivity index (χ4v) is 2.57. The third-order valence-electron chi connectivity index (χ3n) is 3.57. The molecule has 0 saturated carbocycles. The maximum Gasteiger partial charge on any atom is 0.256 e. The van der Waals surface area contributed by atoms with Crippen LogP contribution in [0, 0.1) is 19.7 Å². The number of anilines is 1. The van der Waals surface area contributed by atoms with Crippen molar-refractivity contribution in [2.24, 2.45) is 0 Å². The standard InChI is InChI=1S/C18H14ClFN2O/c1-10-3-5-13(9-16(10)19)22-18(23)15-7-11(2)21-17-6-4-12(20)8-14(15)17/h3-9H,1-2H3,(H,22,23). The summed E-state index contributed by atoms with van der Waals surface area (Å²) in [6, 6.07) is 11.1. The van der Waals surface area contributed by atoms with E-state index in [1.807, 2.05) is 13.0 Å². The SMILES string of the molecule is Cc1cc(C(=O)Nc2ccc(C)c(Cl)c2)c2cc(F)ccc2n1. The van der Waals surface area contributed by atoms with E-state index in [0.29, 0.717) is 32.9 Å². The summed E-state index contributed by atoms with van der Waals surface area (Å²) < 4.78 is 13.5. The third kappa shape index (κ3) is 3.17. The van der Waals surface area contributed by atoms with Gasteiger partial charge in [0.15, 0.2) is 0 Å². The number of carbonyl (C=O) groups is 1. The van der Waals surface area contributed by atoms with Crippen LogP contribution in [0.4, 0.5) is 10.1 Å². The van der Waals surface area contributed by atoms with Gasteiger partial charge in [-0.1, -0.05) is 17.7 Å². The summed E-state index contributed by atoms with van der Waals surface area (Å²) in [7, 11) is 0. The Morgan fingerprint density at radius 3 is 2.65 bits per heavy atom. The van der Waals surface area contributed by atoms with Crippen LogP contribution in [-0.2, 0) is 0 Å². The van der Waals surface area contributed by atoms with Crippen molar-refractivity contribution in [2.75, 3.05) is 5.32 Å². The van der Waals surface area contributed by atoms with E-state index in [9.17, 15) is 9.18 Å². The van der Waals surface area contributed by atoms with E-state index in [1.165, 1.54) is 12.1 Å². The van der Waals surface area contributed by atoms with Gasteiger partial charge in [0.25, 0.3) is 5.91 Å². The van der Waals surface area contributed by atoms with Gasteiger partial charge in [0.05, 0.1) is 11.1 Å². The lowest BCUT2D eigenvalue weighted by Gasteiger charge is -2.10. The predicted octanol–water partition coefficient (Wildman–Crippen LogP) is 4.90. The number of rotatable bonds is 2. The van der Waals surface area contributed by atoms with Gasteiger partial charge in [0.2, 0.25) is 0 Å².